The van der Waals surface area contributed by atoms with Crippen molar-refractivity contribution in [3.05, 3.63) is 41.6 Å². The third-order valence-electron chi connectivity index (χ3n) is 4.42. The molecule has 0 fully saturated rings. The molecule has 2 rings (SSSR count). The predicted octanol–water partition coefficient (Wildman–Crippen LogP) is 1.93. The summed E-state index contributed by atoms with van der Waals surface area (Å²) in [5.74, 6) is -0.130. The second kappa shape index (κ2) is 9.24. The van der Waals surface area contributed by atoms with E-state index in [1.165, 1.54) is 0 Å². The molecule has 8 heteroatoms. The molecule has 0 saturated carbocycles. The summed E-state index contributed by atoms with van der Waals surface area (Å²) in [5, 5.41) is 19.4. The van der Waals surface area contributed by atoms with Crippen LogP contribution in [0.4, 0.5) is 5.82 Å². The van der Waals surface area contributed by atoms with Gasteiger partial charge in [-0.15, -0.1) is 0 Å². The number of anilines is 1. The molecule has 2 amide bonds. The molecule has 4 N–H and O–H groups in total. The first kappa shape index (κ1) is 22.0. The lowest BCUT2D eigenvalue weighted by Gasteiger charge is -2.21. The maximum atomic E-state index is 12.2. The third kappa shape index (κ3) is 5.57. The van der Waals surface area contributed by atoms with Crippen molar-refractivity contribution in [1.82, 2.24) is 20.4 Å². The van der Waals surface area contributed by atoms with Gasteiger partial charge in [-0.3, -0.25) is 9.59 Å². The zero-order valence-corrected chi connectivity index (χ0v) is 17.3. The van der Waals surface area contributed by atoms with Gasteiger partial charge < -0.3 is 16.4 Å². The average Bonchev–Trinajstić information content (AvgIpc) is 3.00. The standard InChI is InChI=1S/C21H28N6O2/c1-14(25-20(29)21(2,3)4)19(28)24-12-8-11-17-16(13-22)18(23)27(26-17)15-9-6-5-7-10-15/h5-7,9-10,14H,8,11-12,23H2,1-4H3,(H,24,28)(H,25,29). The summed E-state index contributed by atoms with van der Waals surface area (Å²) in [6.07, 6.45) is 1.08. The van der Waals surface area contributed by atoms with E-state index in [1.54, 1.807) is 32.4 Å². The van der Waals surface area contributed by atoms with Gasteiger partial charge in [-0.2, -0.15) is 10.4 Å². The number of nitrogens with zero attached hydrogens (tertiary/aromatic N) is 3. The summed E-state index contributed by atoms with van der Waals surface area (Å²) < 4.78 is 1.55. The van der Waals surface area contributed by atoms with E-state index in [1.807, 2.05) is 30.3 Å². The van der Waals surface area contributed by atoms with Crippen molar-refractivity contribution in [2.45, 2.75) is 46.6 Å². The Balaban J connectivity index is 1.92. The number of benzene rings is 1. The summed E-state index contributed by atoms with van der Waals surface area (Å²) in [4.78, 5) is 24.1. The molecule has 0 aliphatic heterocycles. The molecular formula is C21H28N6O2. The van der Waals surface area contributed by atoms with E-state index < -0.39 is 11.5 Å². The number of hydrogen-bond donors (Lipinski definition) is 3. The lowest BCUT2D eigenvalue weighted by atomic mass is 9.95. The fraction of sp³-hybridized carbons (Fsp3) is 0.429. The minimum Gasteiger partial charge on any atom is -0.382 e. The normalized spacial score (nSPS) is 12.1. The summed E-state index contributed by atoms with van der Waals surface area (Å²) in [5.41, 5.74) is 7.26. The van der Waals surface area contributed by atoms with Crippen LogP contribution in [0.3, 0.4) is 0 Å². The van der Waals surface area contributed by atoms with Crippen LogP contribution in [-0.2, 0) is 16.0 Å². The quantitative estimate of drug-likeness (QED) is 0.617. The average molecular weight is 396 g/mol. The van der Waals surface area contributed by atoms with Gasteiger partial charge in [-0.25, -0.2) is 4.68 Å². The number of nitrogens with two attached hydrogens (primary N) is 1. The van der Waals surface area contributed by atoms with Crippen LogP contribution in [0.5, 0.6) is 0 Å². The number of nitrogen functional groups attached to an aromatic ring is 1. The van der Waals surface area contributed by atoms with Crippen LogP contribution >= 0.6 is 0 Å². The molecule has 29 heavy (non-hydrogen) atoms. The third-order valence-corrected chi connectivity index (χ3v) is 4.42. The van der Waals surface area contributed by atoms with Crippen LogP contribution < -0.4 is 16.4 Å². The first-order valence-corrected chi connectivity index (χ1v) is 9.56. The molecule has 8 nitrogen and oxygen atoms in total. The Bertz CT molecular complexity index is 906. The summed E-state index contributed by atoms with van der Waals surface area (Å²) >= 11 is 0. The van der Waals surface area contributed by atoms with E-state index in [2.05, 4.69) is 21.8 Å². The number of para-hydroxylation sites is 1. The van der Waals surface area contributed by atoms with E-state index in [0.29, 0.717) is 36.5 Å². The zero-order chi connectivity index (χ0) is 21.6. The summed E-state index contributed by atoms with van der Waals surface area (Å²) in [6, 6.07) is 10.9. The highest BCUT2D eigenvalue weighted by atomic mass is 16.2. The van der Waals surface area contributed by atoms with E-state index >= 15 is 0 Å². The Hall–Kier alpha value is -3.34. The fourth-order valence-electron chi connectivity index (χ4n) is 2.64. The highest BCUT2D eigenvalue weighted by molar-refractivity contribution is 5.89. The second-order valence-corrected chi connectivity index (χ2v) is 7.91. The summed E-state index contributed by atoms with van der Waals surface area (Å²) in [7, 11) is 0. The van der Waals surface area contributed by atoms with Gasteiger partial charge in [-0.1, -0.05) is 39.0 Å². The SMILES string of the molecule is CC(NC(=O)C(C)(C)C)C(=O)NCCCc1nn(-c2ccccc2)c(N)c1C#N. The molecule has 1 aromatic heterocycles. The first-order valence-electron chi connectivity index (χ1n) is 9.56. The second-order valence-electron chi connectivity index (χ2n) is 7.91. The highest BCUT2D eigenvalue weighted by Crippen LogP contribution is 2.21. The van der Waals surface area contributed by atoms with Gasteiger partial charge in [0.15, 0.2) is 0 Å². The predicted molar refractivity (Wildman–Crippen MR) is 111 cm³/mol. The van der Waals surface area contributed by atoms with Crippen molar-refractivity contribution in [3.8, 4) is 11.8 Å². The maximum absolute atomic E-state index is 12.2. The van der Waals surface area contributed by atoms with Crippen molar-refractivity contribution in [3.63, 3.8) is 0 Å². The van der Waals surface area contributed by atoms with Crippen LogP contribution in [-0.4, -0.2) is 34.2 Å². The fourth-order valence-corrected chi connectivity index (χ4v) is 2.64. The van der Waals surface area contributed by atoms with Gasteiger partial charge in [0.25, 0.3) is 0 Å². The smallest absolute Gasteiger partial charge is 0.242 e. The van der Waals surface area contributed by atoms with Crippen LogP contribution in [0.25, 0.3) is 5.69 Å². The van der Waals surface area contributed by atoms with Crippen molar-refractivity contribution < 1.29 is 9.59 Å². The number of carbonyl (C=O) groups is 2. The van der Waals surface area contributed by atoms with Gasteiger partial charge in [0.05, 0.1) is 11.4 Å². The van der Waals surface area contributed by atoms with Crippen molar-refractivity contribution in [2.24, 2.45) is 5.41 Å². The zero-order valence-electron chi connectivity index (χ0n) is 17.3. The molecule has 0 spiro atoms. The lowest BCUT2D eigenvalue weighted by molar-refractivity contribution is -0.133. The molecular weight excluding hydrogens is 368 g/mol. The number of carbonyl (C=O) groups excluding carboxylic acids is 2. The number of rotatable bonds is 7. The molecule has 1 heterocycles. The van der Waals surface area contributed by atoms with Crippen LogP contribution in [0.1, 0.15) is 45.4 Å². The largest absolute Gasteiger partial charge is 0.382 e. The Morgan fingerprint density at radius 2 is 1.93 bits per heavy atom. The van der Waals surface area contributed by atoms with Gasteiger partial charge in [0.2, 0.25) is 11.8 Å². The number of hydrogen-bond acceptors (Lipinski definition) is 5. The first-order chi connectivity index (χ1) is 13.6. The Kier molecular flexibility index (Phi) is 6.99. The number of amides is 2. The molecule has 1 unspecified atom stereocenters. The van der Waals surface area contributed by atoms with Crippen LogP contribution in [0, 0.1) is 16.7 Å². The molecule has 0 saturated heterocycles. The van der Waals surface area contributed by atoms with Gasteiger partial charge >= 0.3 is 0 Å². The van der Waals surface area contributed by atoms with Crippen LogP contribution in [0.15, 0.2) is 30.3 Å². The highest BCUT2D eigenvalue weighted by Gasteiger charge is 2.25. The van der Waals surface area contributed by atoms with E-state index in [4.69, 9.17) is 5.73 Å². The van der Waals surface area contributed by atoms with Gasteiger partial charge in [0.1, 0.15) is 23.5 Å². The molecule has 0 bridgehead atoms. The number of aryl methyl sites for hydroxylation is 1. The molecule has 154 valence electrons. The Labute approximate surface area is 171 Å². The van der Waals surface area contributed by atoms with Crippen LogP contribution in [0.2, 0.25) is 0 Å². The lowest BCUT2D eigenvalue weighted by Crippen LogP contribution is -2.48. The van der Waals surface area contributed by atoms with E-state index in [-0.39, 0.29) is 11.8 Å². The summed E-state index contributed by atoms with van der Waals surface area (Å²) in [6.45, 7) is 7.42. The number of nitriles is 1. The molecule has 0 aliphatic carbocycles. The molecule has 0 aliphatic rings. The maximum Gasteiger partial charge on any atom is 0.242 e. The van der Waals surface area contributed by atoms with Gasteiger partial charge in [0, 0.05) is 12.0 Å². The van der Waals surface area contributed by atoms with E-state index in [0.717, 1.165) is 5.69 Å². The minimum atomic E-state index is -0.621. The van der Waals surface area contributed by atoms with Crippen molar-refractivity contribution >= 4 is 17.6 Å². The molecule has 2 aromatic rings. The molecule has 1 atom stereocenters. The number of aromatic nitrogens is 2. The number of nitrogens with one attached hydrogen (secondary N) is 2. The Morgan fingerprint density at radius 3 is 2.52 bits per heavy atom. The van der Waals surface area contributed by atoms with Crippen molar-refractivity contribution in [2.75, 3.05) is 12.3 Å². The molecule has 0 radical (unpaired) electrons. The Morgan fingerprint density at radius 1 is 1.28 bits per heavy atom. The monoisotopic (exact) mass is 396 g/mol. The minimum absolute atomic E-state index is 0.180. The van der Waals surface area contributed by atoms with Gasteiger partial charge in [-0.05, 0) is 31.9 Å². The topological polar surface area (TPSA) is 126 Å². The molecule has 1 aromatic carbocycles. The van der Waals surface area contributed by atoms with E-state index in [9.17, 15) is 14.9 Å². The van der Waals surface area contributed by atoms with Crippen molar-refractivity contribution in [1.29, 1.82) is 5.26 Å².